The topological polar surface area (TPSA) is 41.5 Å². The second kappa shape index (κ2) is 8.28. The van der Waals surface area contributed by atoms with E-state index in [2.05, 4.69) is 24.4 Å². The van der Waals surface area contributed by atoms with Gasteiger partial charge in [-0.3, -0.25) is 0 Å². The molecule has 20 heavy (non-hydrogen) atoms. The van der Waals surface area contributed by atoms with E-state index >= 15 is 0 Å². The Hall–Kier alpha value is -1.06. The van der Waals surface area contributed by atoms with Crippen molar-refractivity contribution in [3.05, 3.63) is 29.8 Å². The highest BCUT2D eigenvalue weighted by Crippen LogP contribution is 2.23. The van der Waals surface area contributed by atoms with Crippen molar-refractivity contribution in [3.63, 3.8) is 0 Å². The summed E-state index contributed by atoms with van der Waals surface area (Å²) >= 11 is 0. The van der Waals surface area contributed by atoms with Crippen molar-refractivity contribution in [1.82, 2.24) is 5.32 Å². The summed E-state index contributed by atoms with van der Waals surface area (Å²) in [6.45, 7) is 4.76. The maximum Gasteiger partial charge on any atom is 0.119 e. The fourth-order valence-electron chi connectivity index (χ4n) is 2.83. The van der Waals surface area contributed by atoms with E-state index in [1.54, 1.807) is 0 Å². The van der Waals surface area contributed by atoms with Crippen molar-refractivity contribution in [2.75, 3.05) is 13.2 Å². The lowest BCUT2D eigenvalue weighted by Gasteiger charge is -2.26. The second-order valence-corrected chi connectivity index (χ2v) is 5.81. The highest BCUT2D eigenvalue weighted by Gasteiger charge is 2.19. The van der Waals surface area contributed by atoms with Crippen LogP contribution in [-0.2, 0) is 6.54 Å². The lowest BCUT2D eigenvalue weighted by Crippen LogP contribution is -2.28. The van der Waals surface area contributed by atoms with Gasteiger partial charge in [-0.1, -0.05) is 25.5 Å². The van der Waals surface area contributed by atoms with Crippen molar-refractivity contribution in [3.8, 4) is 5.75 Å². The molecule has 1 fully saturated rings. The standard InChI is InChI=1S/C17H27NO2/c1-2-9-20-17-8-4-6-15(11-17)13-18-12-14-5-3-7-16(19)10-14/h4,6,8,11,14,16,18-19H,2-3,5,7,9-10,12-13H2,1H3. The summed E-state index contributed by atoms with van der Waals surface area (Å²) in [5.74, 6) is 1.58. The SMILES string of the molecule is CCCOc1cccc(CNCC2CCCC(O)C2)c1. The fourth-order valence-corrected chi connectivity index (χ4v) is 2.83. The van der Waals surface area contributed by atoms with Crippen molar-refractivity contribution in [2.24, 2.45) is 5.92 Å². The molecular formula is C17H27NO2. The average Bonchev–Trinajstić information content (AvgIpc) is 2.46. The molecule has 1 aromatic rings. The third-order valence-corrected chi connectivity index (χ3v) is 3.89. The molecule has 0 aliphatic heterocycles. The van der Waals surface area contributed by atoms with E-state index in [1.807, 2.05) is 12.1 Å². The highest BCUT2D eigenvalue weighted by molar-refractivity contribution is 5.28. The molecule has 0 heterocycles. The fraction of sp³-hybridized carbons (Fsp3) is 0.647. The molecular weight excluding hydrogens is 250 g/mol. The van der Waals surface area contributed by atoms with E-state index in [1.165, 1.54) is 12.0 Å². The van der Waals surface area contributed by atoms with E-state index < -0.39 is 0 Å². The molecule has 1 aliphatic carbocycles. The zero-order valence-corrected chi connectivity index (χ0v) is 12.5. The Morgan fingerprint density at radius 1 is 1.35 bits per heavy atom. The van der Waals surface area contributed by atoms with E-state index in [9.17, 15) is 5.11 Å². The zero-order valence-electron chi connectivity index (χ0n) is 12.5. The van der Waals surface area contributed by atoms with E-state index in [-0.39, 0.29) is 6.10 Å². The summed E-state index contributed by atoms with van der Waals surface area (Å²) in [6.07, 6.45) is 5.28. The normalized spacial score (nSPS) is 22.7. The first-order valence-electron chi connectivity index (χ1n) is 7.88. The Bertz CT molecular complexity index is 394. The predicted octanol–water partition coefficient (Wildman–Crippen LogP) is 3.12. The summed E-state index contributed by atoms with van der Waals surface area (Å²) in [5.41, 5.74) is 1.26. The third-order valence-electron chi connectivity index (χ3n) is 3.89. The Morgan fingerprint density at radius 3 is 3.05 bits per heavy atom. The van der Waals surface area contributed by atoms with Crippen LogP contribution < -0.4 is 10.1 Å². The monoisotopic (exact) mass is 277 g/mol. The van der Waals surface area contributed by atoms with Crippen LogP contribution in [0.5, 0.6) is 5.75 Å². The van der Waals surface area contributed by atoms with E-state index in [0.717, 1.165) is 51.1 Å². The van der Waals surface area contributed by atoms with E-state index in [0.29, 0.717) is 5.92 Å². The van der Waals surface area contributed by atoms with Crippen LogP contribution in [0.4, 0.5) is 0 Å². The van der Waals surface area contributed by atoms with Gasteiger partial charge >= 0.3 is 0 Å². The zero-order chi connectivity index (χ0) is 14.2. The lowest BCUT2D eigenvalue weighted by molar-refractivity contribution is 0.101. The lowest BCUT2D eigenvalue weighted by atomic mass is 9.87. The second-order valence-electron chi connectivity index (χ2n) is 5.81. The van der Waals surface area contributed by atoms with Gasteiger partial charge in [-0.2, -0.15) is 0 Å². The molecule has 112 valence electrons. The third kappa shape index (κ3) is 5.14. The van der Waals surface area contributed by atoms with Crippen LogP contribution >= 0.6 is 0 Å². The summed E-state index contributed by atoms with van der Waals surface area (Å²) in [6, 6.07) is 8.29. The van der Waals surface area contributed by atoms with Crippen LogP contribution in [0.15, 0.2) is 24.3 Å². The molecule has 0 spiro atoms. The van der Waals surface area contributed by atoms with Gasteiger partial charge in [-0.15, -0.1) is 0 Å². The maximum absolute atomic E-state index is 9.67. The van der Waals surface area contributed by atoms with Gasteiger partial charge in [-0.05, 0) is 55.8 Å². The summed E-state index contributed by atoms with van der Waals surface area (Å²) in [5, 5.41) is 13.2. The Kier molecular flexibility index (Phi) is 6.34. The Labute approximate surface area is 122 Å². The number of benzene rings is 1. The van der Waals surface area contributed by atoms with Gasteiger partial charge in [0.05, 0.1) is 12.7 Å². The molecule has 0 radical (unpaired) electrons. The number of hydrogen-bond acceptors (Lipinski definition) is 3. The van der Waals surface area contributed by atoms with Crippen molar-refractivity contribution >= 4 is 0 Å². The van der Waals surface area contributed by atoms with Gasteiger partial charge in [0, 0.05) is 6.54 Å². The minimum atomic E-state index is -0.0821. The molecule has 2 unspecified atom stereocenters. The first kappa shape index (κ1) is 15.3. The minimum absolute atomic E-state index is 0.0821. The highest BCUT2D eigenvalue weighted by atomic mass is 16.5. The van der Waals surface area contributed by atoms with E-state index in [4.69, 9.17) is 4.74 Å². The average molecular weight is 277 g/mol. The number of ether oxygens (including phenoxy) is 1. The number of aliphatic hydroxyl groups excluding tert-OH is 1. The van der Waals surface area contributed by atoms with Gasteiger partial charge in [-0.25, -0.2) is 0 Å². The largest absolute Gasteiger partial charge is 0.494 e. The first-order chi connectivity index (χ1) is 9.78. The summed E-state index contributed by atoms with van der Waals surface area (Å²) in [7, 11) is 0. The summed E-state index contributed by atoms with van der Waals surface area (Å²) < 4.78 is 5.65. The molecule has 2 rings (SSSR count). The van der Waals surface area contributed by atoms with Crippen molar-refractivity contribution in [1.29, 1.82) is 0 Å². The van der Waals surface area contributed by atoms with Gasteiger partial charge in [0.2, 0.25) is 0 Å². The number of nitrogens with one attached hydrogen (secondary N) is 1. The molecule has 1 aliphatic rings. The minimum Gasteiger partial charge on any atom is -0.494 e. The molecule has 0 saturated heterocycles. The quantitative estimate of drug-likeness (QED) is 0.804. The van der Waals surface area contributed by atoms with Crippen LogP contribution in [0.1, 0.15) is 44.6 Å². The molecule has 3 heteroatoms. The predicted molar refractivity (Wildman–Crippen MR) is 81.9 cm³/mol. The van der Waals surface area contributed by atoms with Crippen LogP contribution in [0.2, 0.25) is 0 Å². The number of rotatable bonds is 7. The molecule has 2 N–H and O–H groups in total. The smallest absolute Gasteiger partial charge is 0.119 e. The molecule has 1 saturated carbocycles. The van der Waals surface area contributed by atoms with Gasteiger partial charge < -0.3 is 15.2 Å². The Balaban J connectivity index is 1.73. The van der Waals surface area contributed by atoms with Gasteiger partial charge in [0.15, 0.2) is 0 Å². The molecule has 0 bridgehead atoms. The Morgan fingerprint density at radius 2 is 2.25 bits per heavy atom. The van der Waals surface area contributed by atoms with Crippen molar-refractivity contribution in [2.45, 2.75) is 51.7 Å². The maximum atomic E-state index is 9.67. The van der Waals surface area contributed by atoms with Crippen LogP contribution in [0, 0.1) is 5.92 Å². The first-order valence-corrected chi connectivity index (χ1v) is 7.88. The van der Waals surface area contributed by atoms with Crippen LogP contribution in [0.3, 0.4) is 0 Å². The molecule has 0 amide bonds. The number of hydrogen-bond donors (Lipinski definition) is 2. The summed E-state index contributed by atoms with van der Waals surface area (Å²) in [4.78, 5) is 0. The molecule has 1 aromatic carbocycles. The van der Waals surface area contributed by atoms with Crippen LogP contribution in [-0.4, -0.2) is 24.4 Å². The number of aliphatic hydroxyl groups is 1. The molecule has 2 atom stereocenters. The van der Waals surface area contributed by atoms with Crippen LogP contribution in [0.25, 0.3) is 0 Å². The van der Waals surface area contributed by atoms with Gasteiger partial charge in [0.25, 0.3) is 0 Å². The molecule has 3 nitrogen and oxygen atoms in total. The van der Waals surface area contributed by atoms with Gasteiger partial charge in [0.1, 0.15) is 5.75 Å². The van der Waals surface area contributed by atoms with Crippen molar-refractivity contribution < 1.29 is 9.84 Å². The molecule has 0 aromatic heterocycles.